The number of nitrogens with two attached hydrogens (primary N) is 1. The number of aromatic nitrogens is 4. The molecule has 0 saturated heterocycles. The minimum Gasteiger partial charge on any atom is -0.383 e. The number of anilines is 2. The molecular formula is C21H17FN6S2. The molecule has 0 fully saturated rings. The van der Waals surface area contributed by atoms with Crippen molar-refractivity contribution >= 4 is 45.5 Å². The summed E-state index contributed by atoms with van der Waals surface area (Å²) in [5.41, 5.74) is 8.15. The molecule has 0 radical (unpaired) electrons. The number of hydrogen-bond donors (Lipinski definition) is 2. The van der Waals surface area contributed by atoms with E-state index in [1.54, 1.807) is 34.8 Å². The van der Waals surface area contributed by atoms with Gasteiger partial charge in [0.05, 0.1) is 21.6 Å². The Morgan fingerprint density at radius 2 is 1.90 bits per heavy atom. The maximum atomic E-state index is 13.7. The molecule has 5 rings (SSSR count). The van der Waals surface area contributed by atoms with E-state index in [1.165, 1.54) is 21.7 Å². The standard InChI is InChI=1S/C21H17FN6S2/c22-13-4-1-5-14(12-13)28-19(23)17-18(16-7-3-11-30-16)25-21(26-20(17)27-28)24-9-8-15-6-2-10-29-15/h1-7,10-12H,8-9,23H2,(H,24,26,27). The summed E-state index contributed by atoms with van der Waals surface area (Å²) in [6.07, 6.45) is 0.882. The van der Waals surface area contributed by atoms with Gasteiger partial charge in [-0.1, -0.05) is 18.2 Å². The fourth-order valence-corrected chi connectivity index (χ4v) is 4.67. The normalized spacial score (nSPS) is 11.2. The van der Waals surface area contributed by atoms with Crippen LogP contribution in [0.4, 0.5) is 16.2 Å². The number of fused-ring (bicyclic) bond motifs is 1. The van der Waals surface area contributed by atoms with E-state index in [-0.39, 0.29) is 5.82 Å². The summed E-state index contributed by atoms with van der Waals surface area (Å²) in [5.74, 6) is 0.516. The largest absolute Gasteiger partial charge is 0.383 e. The molecule has 0 unspecified atom stereocenters. The topological polar surface area (TPSA) is 81.7 Å². The summed E-state index contributed by atoms with van der Waals surface area (Å²) in [4.78, 5) is 11.6. The second kappa shape index (κ2) is 7.85. The SMILES string of the molecule is Nc1c2c(-c3cccs3)nc(NCCc3cccs3)nc2nn1-c1cccc(F)c1. The molecule has 3 N–H and O–H groups in total. The molecule has 9 heteroatoms. The van der Waals surface area contributed by atoms with Crippen molar-refractivity contribution in [2.75, 3.05) is 17.6 Å². The summed E-state index contributed by atoms with van der Waals surface area (Å²) < 4.78 is 15.3. The molecule has 150 valence electrons. The lowest BCUT2D eigenvalue weighted by Crippen LogP contribution is -2.08. The van der Waals surface area contributed by atoms with Gasteiger partial charge in [0.25, 0.3) is 0 Å². The zero-order valence-electron chi connectivity index (χ0n) is 15.7. The maximum absolute atomic E-state index is 13.7. The van der Waals surface area contributed by atoms with Gasteiger partial charge in [-0.25, -0.2) is 14.1 Å². The van der Waals surface area contributed by atoms with Crippen LogP contribution in [0.3, 0.4) is 0 Å². The van der Waals surface area contributed by atoms with Crippen molar-refractivity contribution in [1.29, 1.82) is 0 Å². The zero-order valence-corrected chi connectivity index (χ0v) is 17.4. The number of nitrogens with one attached hydrogen (secondary N) is 1. The number of thiophene rings is 2. The van der Waals surface area contributed by atoms with Crippen LogP contribution in [0.5, 0.6) is 0 Å². The molecular weight excluding hydrogens is 419 g/mol. The first-order valence-electron chi connectivity index (χ1n) is 9.31. The molecule has 0 aliphatic rings. The van der Waals surface area contributed by atoms with E-state index in [9.17, 15) is 4.39 Å². The van der Waals surface area contributed by atoms with Gasteiger partial charge in [-0.3, -0.25) is 0 Å². The first kappa shape index (κ1) is 18.7. The van der Waals surface area contributed by atoms with Crippen LogP contribution in [0, 0.1) is 5.82 Å². The average molecular weight is 437 g/mol. The lowest BCUT2D eigenvalue weighted by atomic mass is 10.2. The summed E-state index contributed by atoms with van der Waals surface area (Å²) in [7, 11) is 0. The number of nitrogen functional groups attached to an aromatic ring is 1. The van der Waals surface area contributed by atoms with Crippen molar-refractivity contribution < 1.29 is 4.39 Å². The predicted molar refractivity (Wildman–Crippen MR) is 121 cm³/mol. The molecule has 0 amide bonds. The van der Waals surface area contributed by atoms with Gasteiger partial charge < -0.3 is 11.1 Å². The molecule has 0 aliphatic carbocycles. The van der Waals surface area contributed by atoms with Crippen molar-refractivity contribution in [1.82, 2.24) is 19.7 Å². The molecule has 6 nitrogen and oxygen atoms in total. The second-order valence-electron chi connectivity index (χ2n) is 6.60. The predicted octanol–water partition coefficient (Wildman–Crippen LogP) is 4.98. The highest BCUT2D eigenvalue weighted by atomic mass is 32.1. The quantitative estimate of drug-likeness (QED) is 0.392. The molecule has 30 heavy (non-hydrogen) atoms. The fraction of sp³-hybridized carbons (Fsp3) is 0.0952. The van der Waals surface area contributed by atoms with Gasteiger partial charge in [0, 0.05) is 11.4 Å². The Labute approximate surface area is 179 Å². The molecule has 4 heterocycles. The van der Waals surface area contributed by atoms with Crippen LogP contribution in [0.2, 0.25) is 0 Å². The fourth-order valence-electron chi connectivity index (χ4n) is 3.24. The van der Waals surface area contributed by atoms with Gasteiger partial charge in [0.1, 0.15) is 11.6 Å². The van der Waals surface area contributed by atoms with Gasteiger partial charge in [-0.15, -0.1) is 27.8 Å². The lowest BCUT2D eigenvalue weighted by molar-refractivity contribution is 0.625. The van der Waals surface area contributed by atoms with Crippen molar-refractivity contribution in [2.24, 2.45) is 0 Å². The Morgan fingerprint density at radius 1 is 1.03 bits per heavy atom. The van der Waals surface area contributed by atoms with Crippen molar-refractivity contribution in [3.63, 3.8) is 0 Å². The third kappa shape index (κ3) is 3.53. The highest BCUT2D eigenvalue weighted by Crippen LogP contribution is 2.34. The minimum absolute atomic E-state index is 0.355. The van der Waals surface area contributed by atoms with E-state index in [0.29, 0.717) is 40.7 Å². The molecule has 0 atom stereocenters. The van der Waals surface area contributed by atoms with Crippen LogP contribution in [0.25, 0.3) is 27.3 Å². The smallest absolute Gasteiger partial charge is 0.225 e. The summed E-state index contributed by atoms with van der Waals surface area (Å²) >= 11 is 3.29. The van der Waals surface area contributed by atoms with Crippen LogP contribution in [0.15, 0.2) is 59.3 Å². The Morgan fingerprint density at radius 3 is 2.67 bits per heavy atom. The lowest BCUT2D eigenvalue weighted by Gasteiger charge is -2.07. The molecule has 0 spiro atoms. The van der Waals surface area contributed by atoms with Gasteiger partial charge in [-0.2, -0.15) is 4.98 Å². The molecule has 0 saturated carbocycles. The highest BCUT2D eigenvalue weighted by Gasteiger charge is 2.19. The number of halogens is 1. The third-order valence-electron chi connectivity index (χ3n) is 4.61. The van der Waals surface area contributed by atoms with Crippen LogP contribution < -0.4 is 11.1 Å². The number of benzene rings is 1. The van der Waals surface area contributed by atoms with E-state index < -0.39 is 0 Å². The third-order valence-corrected chi connectivity index (χ3v) is 6.42. The van der Waals surface area contributed by atoms with Crippen LogP contribution in [-0.2, 0) is 6.42 Å². The first-order chi connectivity index (χ1) is 14.7. The Balaban J connectivity index is 1.58. The van der Waals surface area contributed by atoms with Gasteiger partial charge in [0.15, 0.2) is 5.65 Å². The Kier molecular flexibility index (Phi) is 4.89. The van der Waals surface area contributed by atoms with Gasteiger partial charge >= 0.3 is 0 Å². The van der Waals surface area contributed by atoms with E-state index in [2.05, 4.69) is 26.8 Å². The van der Waals surface area contributed by atoms with Crippen molar-refractivity contribution in [3.8, 4) is 16.3 Å². The minimum atomic E-state index is -0.355. The molecule has 4 aromatic heterocycles. The zero-order chi connectivity index (χ0) is 20.5. The monoisotopic (exact) mass is 436 g/mol. The summed E-state index contributed by atoms with van der Waals surface area (Å²) in [6.45, 7) is 0.704. The van der Waals surface area contributed by atoms with E-state index >= 15 is 0 Å². The van der Waals surface area contributed by atoms with Crippen LogP contribution in [-0.4, -0.2) is 26.3 Å². The number of hydrogen-bond acceptors (Lipinski definition) is 7. The molecule has 1 aromatic carbocycles. The highest BCUT2D eigenvalue weighted by molar-refractivity contribution is 7.13. The van der Waals surface area contributed by atoms with E-state index in [4.69, 9.17) is 10.7 Å². The van der Waals surface area contributed by atoms with Crippen molar-refractivity contribution in [2.45, 2.75) is 6.42 Å². The van der Waals surface area contributed by atoms with E-state index in [1.807, 2.05) is 23.6 Å². The molecule has 5 aromatic rings. The molecule has 0 bridgehead atoms. The van der Waals surface area contributed by atoms with Gasteiger partial charge in [0.2, 0.25) is 5.95 Å². The Hall–Kier alpha value is -3.30. The summed E-state index contributed by atoms with van der Waals surface area (Å²) in [5, 5.41) is 12.6. The molecule has 0 aliphatic heterocycles. The number of rotatable bonds is 6. The average Bonchev–Trinajstić information content (AvgIpc) is 3.49. The summed E-state index contributed by atoms with van der Waals surface area (Å²) in [6, 6.07) is 14.2. The second-order valence-corrected chi connectivity index (χ2v) is 8.58. The van der Waals surface area contributed by atoms with Gasteiger partial charge in [-0.05, 0) is 47.5 Å². The van der Waals surface area contributed by atoms with Crippen LogP contribution >= 0.6 is 22.7 Å². The van der Waals surface area contributed by atoms with Crippen molar-refractivity contribution in [3.05, 3.63) is 70.0 Å². The van der Waals surface area contributed by atoms with Crippen LogP contribution in [0.1, 0.15) is 4.88 Å². The number of nitrogens with zero attached hydrogens (tertiary/aromatic N) is 4. The Bertz CT molecular complexity index is 1300. The maximum Gasteiger partial charge on any atom is 0.225 e. The van der Waals surface area contributed by atoms with E-state index in [0.717, 1.165) is 11.3 Å². The first-order valence-corrected chi connectivity index (χ1v) is 11.1.